The van der Waals surface area contributed by atoms with E-state index < -0.39 is 24.1 Å². The summed E-state index contributed by atoms with van der Waals surface area (Å²) in [6, 6.07) is 16.5. The molecule has 0 fully saturated rings. The summed E-state index contributed by atoms with van der Waals surface area (Å²) in [4.78, 5) is 20.5. The average Bonchev–Trinajstić information content (AvgIpc) is 2.55. The first-order chi connectivity index (χ1) is 10.4. The largest absolute Gasteiger partial charge is 0.479 e. The fourth-order valence-electron chi connectivity index (χ4n) is 1.56. The van der Waals surface area contributed by atoms with Crippen LogP contribution in [-0.4, -0.2) is 32.4 Å². The maximum Gasteiger partial charge on any atom is 0.337 e. The average molecular weight is 363 g/mol. The van der Waals surface area contributed by atoms with Gasteiger partial charge in [-0.3, -0.25) is 0 Å². The summed E-state index contributed by atoms with van der Waals surface area (Å²) in [5, 5.41) is 34.8. The molecule has 2 atom stereocenters. The second kappa shape index (κ2) is 10.5. The standard InChI is InChI=1S/2C8H8O3.Co/c2*9-7(8(10)11)6-4-2-1-3-5-6;/h2*1-5,7,9H,(H,10,11);. The molecule has 1 radical (unpaired) electrons. The predicted molar refractivity (Wildman–Crippen MR) is 78.1 cm³/mol. The summed E-state index contributed by atoms with van der Waals surface area (Å²) in [7, 11) is 0. The van der Waals surface area contributed by atoms with Crippen LogP contribution >= 0.6 is 0 Å². The Kier molecular flexibility index (Phi) is 9.52. The van der Waals surface area contributed by atoms with Gasteiger partial charge in [0, 0.05) is 16.8 Å². The molecular weight excluding hydrogens is 347 g/mol. The second-order valence-corrected chi connectivity index (χ2v) is 4.30. The SMILES string of the molecule is O=C(O)C(O)c1ccccc1.O=C(O)C(O)c1ccccc1.[Co]. The van der Waals surface area contributed by atoms with Gasteiger partial charge in [0.05, 0.1) is 0 Å². The van der Waals surface area contributed by atoms with Crippen LogP contribution in [0.25, 0.3) is 0 Å². The van der Waals surface area contributed by atoms with Gasteiger partial charge in [-0.05, 0) is 11.1 Å². The number of aliphatic carboxylic acids is 2. The third-order valence-corrected chi connectivity index (χ3v) is 2.70. The van der Waals surface area contributed by atoms with Crippen LogP contribution in [0, 0.1) is 0 Å². The fraction of sp³-hybridized carbons (Fsp3) is 0.125. The molecule has 6 nitrogen and oxygen atoms in total. The summed E-state index contributed by atoms with van der Waals surface area (Å²) in [6.07, 6.45) is -2.81. The number of aliphatic hydroxyl groups excluding tert-OH is 2. The van der Waals surface area contributed by atoms with Gasteiger partial charge in [-0.15, -0.1) is 0 Å². The zero-order valence-electron chi connectivity index (χ0n) is 11.9. The van der Waals surface area contributed by atoms with Gasteiger partial charge in [-0.2, -0.15) is 0 Å². The van der Waals surface area contributed by atoms with Crippen molar-refractivity contribution in [2.24, 2.45) is 0 Å². The van der Waals surface area contributed by atoms with E-state index in [-0.39, 0.29) is 16.8 Å². The number of carboxylic acid groups (broad SMARTS) is 2. The van der Waals surface area contributed by atoms with Crippen molar-refractivity contribution in [1.82, 2.24) is 0 Å². The van der Waals surface area contributed by atoms with Gasteiger partial charge in [0.25, 0.3) is 0 Å². The van der Waals surface area contributed by atoms with Gasteiger partial charge in [0.15, 0.2) is 12.2 Å². The maximum atomic E-state index is 10.2. The van der Waals surface area contributed by atoms with E-state index in [1.54, 1.807) is 60.7 Å². The van der Waals surface area contributed by atoms with E-state index in [1.165, 1.54) is 0 Å². The smallest absolute Gasteiger partial charge is 0.337 e. The number of carbonyl (C=O) groups is 2. The Morgan fingerprint density at radius 3 is 1.13 bits per heavy atom. The van der Waals surface area contributed by atoms with Crippen LogP contribution in [0.2, 0.25) is 0 Å². The number of benzene rings is 2. The molecular formula is C16H16CoO6. The van der Waals surface area contributed by atoms with Gasteiger partial charge >= 0.3 is 11.9 Å². The van der Waals surface area contributed by atoms with Crippen molar-refractivity contribution in [3.8, 4) is 0 Å². The van der Waals surface area contributed by atoms with E-state index in [4.69, 9.17) is 20.4 Å². The first-order valence-corrected chi connectivity index (χ1v) is 6.35. The van der Waals surface area contributed by atoms with E-state index >= 15 is 0 Å². The predicted octanol–water partition coefficient (Wildman–Crippen LogP) is 1.61. The number of rotatable bonds is 4. The van der Waals surface area contributed by atoms with Crippen LogP contribution in [0.5, 0.6) is 0 Å². The van der Waals surface area contributed by atoms with Crippen molar-refractivity contribution in [3.63, 3.8) is 0 Å². The van der Waals surface area contributed by atoms with Gasteiger partial charge in [-0.1, -0.05) is 60.7 Å². The third-order valence-electron chi connectivity index (χ3n) is 2.70. The molecule has 2 unspecified atom stereocenters. The van der Waals surface area contributed by atoms with Crippen molar-refractivity contribution < 1.29 is 46.8 Å². The van der Waals surface area contributed by atoms with Crippen LogP contribution in [0.4, 0.5) is 0 Å². The summed E-state index contributed by atoms with van der Waals surface area (Å²) >= 11 is 0. The molecule has 0 saturated heterocycles. The van der Waals surface area contributed by atoms with Gasteiger partial charge in [-0.25, -0.2) is 9.59 Å². The van der Waals surface area contributed by atoms with E-state index in [0.717, 1.165) is 0 Å². The zero-order valence-corrected chi connectivity index (χ0v) is 12.9. The molecule has 0 aliphatic carbocycles. The Morgan fingerprint density at radius 1 is 0.652 bits per heavy atom. The Bertz CT molecular complexity index is 547. The van der Waals surface area contributed by atoms with E-state index in [2.05, 4.69) is 0 Å². The number of carboxylic acids is 2. The van der Waals surface area contributed by atoms with Crippen molar-refractivity contribution in [3.05, 3.63) is 71.8 Å². The summed E-state index contributed by atoms with van der Waals surface area (Å²) in [5.41, 5.74) is 0.806. The number of hydrogen-bond donors (Lipinski definition) is 4. The Balaban J connectivity index is 0.000000403. The minimum atomic E-state index is -1.41. The molecule has 0 saturated carbocycles. The fourth-order valence-corrected chi connectivity index (χ4v) is 1.56. The van der Waals surface area contributed by atoms with Crippen molar-refractivity contribution in [1.29, 1.82) is 0 Å². The first kappa shape index (κ1) is 20.8. The quantitative estimate of drug-likeness (QED) is 0.656. The molecule has 0 aliphatic rings. The number of aliphatic hydroxyl groups is 2. The van der Waals surface area contributed by atoms with Crippen LogP contribution in [0.15, 0.2) is 60.7 Å². The molecule has 0 aromatic heterocycles. The molecule has 23 heavy (non-hydrogen) atoms. The number of hydrogen-bond acceptors (Lipinski definition) is 4. The molecule has 0 aliphatic heterocycles. The zero-order chi connectivity index (χ0) is 16.5. The minimum absolute atomic E-state index is 0. The summed E-state index contributed by atoms with van der Waals surface area (Å²) in [5.74, 6) is -2.45. The monoisotopic (exact) mass is 363 g/mol. The molecule has 2 aromatic carbocycles. The molecule has 125 valence electrons. The van der Waals surface area contributed by atoms with Crippen LogP contribution in [-0.2, 0) is 26.4 Å². The molecule has 0 heterocycles. The van der Waals surface area contributed by atoms with Crippen LogP contribution in [0.1, 0.15) is 23.3 Å². The Labute approximate surface area is 143 Å². The van der Waals surface area contributed by atoms with Crippen LogP contribution < -0.4 is 0 Å². The van der Waals surface area contributed by atoms with Crippen molar-refractivity contribution in [2.45, 2.75) is 12.2 Å². The van der Waals surface area contributed by atoms with Gasteiger partial charge < -0.3 is 20.4 Å². The normalized spacial score (nSPS) is 11.9. The van der Waals surface area contributed by atoms with E-state index in [1.807, 2.05) is 0 Å². The molecule has 7 heteroatoms. The second-order valence-electron chi connectivity index (χ2n) is 4.30. The molecule has 0 amide bonds. The van der Waals surface area contributed by atoms with Crippen molar-refractivity contribution >= 4 is 11.9 Å². The molecule has 4 N–H and O–H groups in total. The molecule has 2 rings (SSSR count). The Morgan fingerprint density at radius 2 is 0.913 bits per heavy atom. The maximum absolute atomic E-state index is 10.2. The molecule has 0 spiro atoms. The van der Waals surface area contributed by atoms with Gasteiger partial charge in [0.2, 0.25) is 0 Å². The van der Waals surface area contributed by atoms with Gasteiger partial charge in [0.1, 0.15) is 0 Å². The molecule has 0 bridgehead atoms. The first-order valence-electron chi connectivity index (χ1n) is 6.35. The summed E-state index contributed by atoms with van der Waals surface area (Å²) < 4.78 is 0. The topological polar surface area (TPSA) is 115 Å². The Hall–Kier alpha value is -2.19. The molecule has 2 aromatic rings. The summed E-state index contributed by atoms with van der Waals surface area (Å²) in [6.45, 7) is 0. The third kappa shape index (κ3) is 7.07. The minimum Gasteiger partial charge on any atom is -0.479 e. The van der Waals surface area contributed by atoms with Crippen LogP contribution in [0.3, 0.4) is 0 Å². The van der Waals surface area contributed by atoms with E-state index in [0.29, 0.717) is 11.1 Å². The van der Waals surface area contributed by atoms with Crippen molar-refractivity contribution in [2.75, 3.05) is 0 Å². The van der Waals surface area contributed by atoms with E-state index in [9.17, 15) is 9.59 Å².